The topological polar surface area (TPSA) is 88.0 Å². The van der Waals surface area contributed by atoms with Crippen molar-refractivity contribution in [1.82, 2.24) is 34.6 Å². The minimum atomic E-state index is 0.311. The molecule has 40 heavy (non-hydrogen) atoms. The Balaban J connectivity index is 1.24. The van der Waals surface area contributed by atoms with E-state index in [1.807, 2.05) is 24.7 Å². The second kappa shape index (κ2) is 11.0. The molecule has 9 heteroatoms. The summed E-state index contributed by atoms with van der Waals surface area (Å²) in [7, 11) is 0. The third kappa shape index (κ3) is 4.84. The molecule has 2 fully saturated rings. The molecule has 206 valence electrons. The summed E-state index contributed by atoms with van der Waals surface area (Å²) in [6.45, 7) is 8.27. The number of fused-ring (bicyclic) bond motifs is 2. The zero-order chi connectivity index (χ0) is 26.9. The molecule has 0 aliphatic carbocycles. The van der Waals surface area contributed by atoms with Crippen molar-refractivity contribution in [3.63, 3.8) is 0 Å². The van der Waals surface area contributed by atoms with E-state index in [-0.39, 0.29) is 0 Å². The molecule has 4 aromatic heterocycles. The summed E-state index contributed by atoms with van der Waals surface area (Å²) in [5.41, 5.74) is 5.74. The first-order valence-electron chi connectivity index (χ1n) is 14.6. The molecule has 2 saturated heterocycles. The fraction of sp³-hybridized carbons (Fsp3) is 0.419. The van der Waals surface area contributed by atoms with Crippen molar-refractivity contribution >= 4 is 27.8 Å². The van der Waals surface area contributed by atoms with Crippen LogP contribution in [-0.4, -0.2) is 74.0 Å². The predicted octanol–water partition coefficient (Wildman–Crippen LogP) is 5.00. The molecule has 0 unspecified atom stereocenters. The van der Waals surface area contributed by atoms with E-state index in [1.165, 1.54) is 16.5 Å². The molecule has 7 rings (SSSR count). The maximum absolute atomic E-state index is 5.66. The molecule has 5 aromatic rings. The predicted molar refractivity (Wildman–Crippen MR) is 157 cm³/mol. The Labute approximate surface area is 234 Å². The first-order chi connectivity index (χ1) is 19.8. The maximum Gasteiger partial charge on any atom is 0.164 e. The second-order valence-electron chi connectivity index (χ2n) is 11.0. The van der Waals surface area contributed by atoms with E-state index in [4.69, 9.17) is 19.8 Å². The van der Waals surface area contributed by atoms with Crippen LogP contribution in [0.2, 0.25) is 0 Å². The normalized spacial score (nSPS) is 17.3. The lowest BCUT2D eigenvalue weighted by Gasteiger charge is -2.32. The van der Waals surface area contributed by atoms with Crippen molar-refractivity contribution < 1.29 is 4.74 Å². The fourth-order valence-electron chi connectivity index (χ4n) is 6.19. The highest BCUT2D eigenvalue weighted by atomic mass is 16.5. The highest BCUT2D eigenvalue weighted by Gasteiger charge is 2.26. The van der Waals surface area contributed by atoms with Crippen LogP contribution < -0.4 is 4.90 Å². The molecule has 0 bridgehead atoms. The number of rotatable bonds is 7. The van der Waals surface area contributed by atoms with Crippen LogP contribution in [0.1, 0.15) is 43.4 Å². The van der Waals surface area contributed by atoms with Crippen molar-refractivity contribution in [1.29, 1.82) is 0 Å². The standard InChI is InChI=1S/C31H36N8O/c1-2-4-24-19-33-28-7-6-23(17-26(24)28)29-35-30(38-13-15-40-16-14-38)27-20-34-39(31(27)36-29)25-8-11-37(12-9-25)21-22-5-3-10-32-18-22/h3,5-7,10,17-20,25,33H,2,4,8-9,11-16,21H2,1H3. The summed E-state index contributed by atoms with van der Waals surface area (Å²) in [6, 6.07) is 11.0. The van der Waals surface area contributed by atoms with Gasteiger partial charge in [0.15, 0.2) is 11.5 Å². The number of aromatic nitrogens is 6. The van der Waals surface area contributed by atoms with Crippen molar-refractivity contribution in [2.75, 3.05) is 44.3 Å². The first-order valence-corrected chi connectivity index (χ1v) is 14.6. The molecule has 0 atom stereocenters. The molecular weight excluding hydrogens is 500 g/mol. The molecule has 1 aromatic carbocycles. The molecule has 9 nitrogen and oxygen atoms in total. The fourth-order valence-corrected chi connectivity index (χ4v) is 6.19. The number of morpholine rings is 1. The summed E-state index contributed by atoms with van der Waals surface area (Å²) < 4.78 is 7.83. The van der Waals surface area contributed by atoms with E-state index in [0.717, 1.165) is 92.2 Å². The smallest absolute Gasteiger partial charge is 0.164 e. The quantitative estimate of drug-likeness (QED) is 0.313. The molecule has 6 heterocycles. The number of benzene rings is 1. The average molecular weight is 537 g/mol. The number of aromatic amines is 1. The van der Waals surface area contributed by atoms with E-state index in [9.17, 15) is 0 Å². The van der Waals surface area contributed by atoms with Crippen LogP contribution in [0.4, 0.5) is 5.82 Å². The van der Waals surface area contributed by atoms with Crippen LogP contribution in [0.5, 0.6) is 0 Å². The number of aryl methyl sites for hydroxylation is 1. The molecule has 0 saturated carbocycles. The highest BCUT2D eigenvalue weighted by Crippen LogP contribution is 2.33. The molecule has 2 aliphatic heterocycles. The number of hydrogen-bond donors (Lipinski definition) is 1. The van der Waals surface area contributed by atoms with Crippen molar-refractivity contribution in [2.24, 2.45) is 0 Å². The second-order valence-corrected chi connectivity index (χ2v) is 11.0. The minimum Gasteiger partial charge on any atom is -0.378 e. The van der Waals surface area contributed by atoms with Gasteiger partial charge in [0, 0.05) is 67.8 Å². The van der Waals surface area contributed by atoms with Crippen molar-refractivity contribution in [3.8, 4) is 11.4 Å². The number of hydrogen-bond acceptors (Lipinski definition) is 7. The van der Waals surface area contributed by atoms with Crippen LogP contribution in [0.15, 0.2) is 55.1 Å². The number of anilines is 1. The number of ether oxygens (including phenoxy) is 1. The van der Waals surface area contributed by atoms with Gasteiger partial charge < -0.3 is 14.6 Å². The lowest BCUT2D eigenvalue weighted by molar-refractivity contribution is 0.122. The van der Waals surface area contributed by atoms with Gasteiger partial charge in [0.1, 0.15) is 5.82 Å². The van der Waals surface area contributed by atoms with E-state index in [1.54, 1.807) is 0 Å². The lowest BCUT2D eigenvalue weighted by atomic mass is 10.0. The maximum atomic E-state index is 5.66. The van der Waals surface area contributed by atoms with Crippen molar-refractivity contribution in [3.05, 3.63) is 66.2 Å². The van der Waals surface area contributed by atoms with Gasteiger partial charge in [-0.25, -0.2) is 14.6 Å². The average Bonchev–Trinajstić information content (AvgIpc) is 3.62. The van der Waals surface area contributed by atoms with Gasteiger partial charge in [-0.1, -0.05) is 19.4 Å². The Morgan fingerprint density at radius 2 is 1.88 bits per heavy atom. The number of nitrogens with one attached hydrogen (secondary N) is 1. The van der Waals surface area contributed by atoms with Crippen LogP contribution in [0, 0.1) is 0 Å². The summed E-state index contributed by atoms with van der Waals surface area (Å²) in [6.07, 6.45) is 12.2. The highest BCUT2D eigenvalue weighted by molar-refractivity contribution is 5.91. The van der Waals surface area contributed by atoms with E-state index < -0.39 is 0 Å². The first kappa shape index (κ1) is 25.2. The van der Waals surface area contributed by atoms with E-state index >= 15 is 0 Å². The Hall–Kier alpha value is -3.82. The van der Waals surface area contributed by atoms with E-state index in [0.29, 0.717) is 19.3 Å². The molecule has 0 amide bonds. The Kier molecular flexibility index (Phi) is 6.91. The van der Waals surface area contributed by atoms with Crippen LogP contribution in [0.25, 0.3) is 33.3 Å². The molecule has 1 N–H and O–H groups in total. The Morgan fingerprint density at radius 3 is 2.67 bits per heavy atom. The van der Waals surface area contributed by atoms with Crippen LogP contribution in [-0.2, 0) is 17.7 Å². The third-order valence-corrected chi connectivity index (χ3v) is 8.32. The van der Waals surface area contributed by atoms with Crippen molar-refractivity contribution in [2.45, 2.75) is 45.2 Å². The number of piperidine rings is 1. The zero-order valence-corrected chi connectivity index (χ0v) is 23.1. The third-order valence-electron chi connectivity index (χ3n) is 8.32. The van der Waals surface area contributed by atoms with Crippen LogP contribution in [0.3, 0.4) is 0 Å². The molecule has 0 radical (unpaired) electrons. The number of nitrogens with zero attached hydrogens (tertiary/aromatic N) is 7. The lowest BCUT2D eigenvalue weighted by Crippen LogP contribution is -2.37. The Bertz CT molecular complexity index is 1600. The molecule has 2 aliphatic rings. The number of pyridine rings is 1. The van der Waals surface area contributed by atoms with E-state index in [2.05, 4.69) is 61.8 Å². The summed E-state index contributed by atoms with van der Waals surface area (Å²) in [5.74, 6) is 1.72. The largest absolute Gasteiger partial charge is 0.378 e. The van der Waals surface area contributed by atoms with Gasteiger partial charge in [-0.05, 0) is 54.7 Å². The van der Waals surface area contributed by atoms with Gasteiger partial charge in [-0.2, -0.15) is 5.10 Å². The van der Waals surface area contributed by atoms with Gasteiger partial charge >= 0.3 is 0 Å². The van der Waals surface area contributed by atoms with Gasteiger partial charge in [0.25, 0.3) is 0 Å². The van der Waals surface area contributed by atoms with Gasteiger partial charge in [0.2, 0.25) is 0 Å². The van der Waals surface area contributed by atoms with Gasteiger partial charge in [-0.3, -0.25) is 9.88 Å². The molecule has 0 spiro atoms. The summed E-state index contributed by atoms with van der Waals surface area (Å²) >= 11 is 0. The monoisotopic (exact) mass is 536 g/mol. The Morgan fingerprint density at radius 1 is 1.00 bits per heavy atom. The minimum absolute atomic E-state index is 0.311. The number of likely N-dealkylation sites (tertiary alicyclic amines) is 1. The summed E-state index contributed by atoms with van der Waals surface area (Å²) in [4.78, 5) is 22.9. The molecular formula is C31H36N8O. The van der Waals surface area contributed by atoms with Gasteiger partial charge in [0.05, 0.1) is 30.8 Å². The zero-order valence-electron chi connectivity index (χ0n) is 23.1. The number of H-pyrrole nitrogens is 1. The SMILES string of the molecule is CCCc1c[nH]c2ccc(-c3nc(N4CCOCC4)c4cnn(C5CCN(Cc6cccnc6)CC5)c4n3)cc12. The van der Waals surface area contributed by atoms with Crippen LogP contribution >= 0.6 is 0 Å². The van der Waals surface area contributed by atoms with Gasteiger partial charge in [-0.15, -0.1) is 0 Å². The summed E-state index contributed by atoms with van der Waals surface area (Å²) in [5, 5.41) is 7.20.